The minimum Gasteiger partial charge on any atom is -0.314 e. The van der Waals surface area contributed by atoms with E-state index in [4.69, 9.17) is 11.6 Å². The maximum atomic E-state index is 14.3. The maximum Gasteiger partial charge on any atom is 0.129 e. The van der Waals surface area contributed by atoms with Crippen molar-refractivity contribution in [1.29, 1.82) is 0 Å². The van der Waals surface area contributed by atoms with Crippen molar-refractivity contribution < 1.29 is 4.39 Å². The lowest BCUT2D eigenvalue weighted by Gasteiger charge is -2.35. The van der Waals surface area contributed by atoms with Gasteiger partial charge in [0, 0.05) is 41.6 Å². The molecule has 2 nitrogen and oxygen atoms in total. The van der Waals surface area contributed by atoms with Gasteiger partial charge in [-0.3, -0.25) is 4.90 Å². The van der Waals surface area contributed by atoms with Gasteiger partial charge in [0.25, 0.3) is 0 Å². The molecule has 1 N–H and O–H groups in total. The minimum absolute atomic E-state index is 0. The number of piperazine rings is 1. The highest BCUT2D eigenvalue weighted by Gasteiger charge is 2.28. The van der Waals surface area contributed by atoms with Gasteiger partial charge in [0.05, 0.1) is 6.04 Å². The average molecular weight is 347 g/mol. The summed E-state index contributed by atoms with van der Waals surface area (Å²) in [5.74, 6) is -0.227. The number of benzene rings is 1. The van der Waals surface area contributed by atoms with Gasteiger partial charge in [0.2, 0.25) is 0 Å². The Hall–Kier alpha value is -0.650. The Morgan fingerprint density at radius 3 is 2.57 bits per heavy atom. The van der Waals surface area contributed by atoms with Crippen molar-refractivity contribution in [3.63, 3.8) is 0 Å². The van der Waals surface area contributed by atoms with Gasteiger partial charge in [-0.15, -0.1) is 23.7 Å². The van der Waals surface area contributed by atoms with Gasteiger partial charge in [0.15, 0.2) is 0 Å². The van der Waals surface area contributed by atoms with Crippen LogP contribution in [-0.4, -0.2) is 31.1 Å². The van der Waals surface area contributed by atoms with Gasteiger partial charge in [-0.2, -0.15) is 0 Å². The molecule has 1 aliphatic heterocycles. The molecule has 114 valence electrons. The lowest BCUT2D eigenvalue weighted by molar-refractivity contribution is 0.197. The lowest BCUT2D eigenvalue weighted by atomic mass is 10.0. The van der Waals surface area contributed by atoms with Crippen molar-refractivity contribution in [2.75, 3.05) is 26.2 Å². The third-order valence-electron chi connectivity index (χ3n) is 3.60. The van der Waals surface area contributed by atoms with E-state index in [9.17, 15) is 4.39 Å². The molecule has 3 rings (SSSR count). The molecular weight excluding hydrogens is 330 g/mol. The monoisotopic (exact) mass is 346 g/mol. The van der Waals surface area contributed by atoms with Gasteiger partial charge in [-0.25, -0.2) is 4.39 Å². The second-order valence-corrected chi connectivity index (χ2v) is 6.23. The first-order valence-corrected chi connectivity index (χ1v) is 7.95. The number of halogens is 3. The first-order chi connectivity index (χ1) is 9.77. The van der Waals surface area contributed by atoms with E-state index in [1.165, 1.54) is 6.07 Å². The van der Waals surface area contributed by atoms with Crippen LogP contribution >= 0.6 is 35.3 Å². The Morgan fingerprint density at radius 1 is 1.19 bits per heavy atom. The molecule has 2 heterocycles. The quantitative estimate of drug-likeness (QED) is 0.904. The Labute approximate surface area is 139 Å². The van der Waals surface area contributed by atoms with Crippen molar-refractivity contribution in [3.05, 3.63) is 57.0 Å². The summed E-state index contributed by atoms with van der Waals surface area (Å²) in [5.41, 5.74) is 0.596. The summed E-state index contributed by atoms with van der Waals surface area (Å²) >= 11 is 7.93. The Balaban J connectivity index is 0.00000161. The molecule has 0 spiro atoms. The van der Waals surface area contributed by atoms with E-state index in [0.717, 1.165) is 31.1 Å². The number of hydrogen-bond donors (Lipinski definition) is 1. The van der Waals surface area contributed by atoms with E-state index in [-0.39, 0.29) is 24.3 Å². The van der Waals surface area contributed by atoms with Gasteiger partial charge in [-0.05, 0) is 23.6 Å². The molecule has 2 aromatic rings. The number of nitrogens with one attached hydrogen (secondary N) is 1. The lowest BCUT2D eigenvalue weighted by Crippen LogP contribution is -2.45. The highest BCUT2D eigenvalue weighted by atomic mass is 35.5. The smallest absolute Gasteiger partial charge is 0.129 e. The van der Waals surface area contributed by atoms with Gasteiger partial charge in [-0.1, -0.05) is 23.7 Å². The van der Waals surface area contributed by atoms with Crippen molar-refractivity contribution >= 4 is 35.3 Å². The van der Waals surface area contributed by atoms with E-state index < -0.39 is 0 Å². The van der Waals surface area contributed by atoms with Crippen LogP contribution in [-0.2, 0) is 0 Å². The summed E-state index contributed by atoms with van der Waals surface area (Å²) in [6.45, 7) is 3.64. The van der Waals surface area contributed by atoms with E-state index in [2.05, 4.69) is 16.3 Å². The van der Waals surface area contributed by atoms with Crippen LogP contribution in [0.1, 0.15) is 16.5 Å². The number of nitrogens with zero attached hydrogens (tertiary/aromatic N) is 1. The average Bonchev–Trinajstić information content (AvgIpc) is 2.98. The van der Waals surface area contributed by atoms with Crippen LogP contribution in [0.15, 0.2) is 35.7 Å². The van der Waals surface area contributed by atoms with Crippen molar-refractivity contribution in [2.45, 2.75) is 6.04 Å². The molecule has 0 bridgehead atoms. The van der Waals surface area contributed by atoms with Crippen LogP contribution in [0.2, 0.25) is 5.02 Å². The molecule has 1 atom stereocenters. The van der Waals surface area contributed by atoms with Crippen LogP contribution in [0.25, 0.3) is 0 Å². The summed E-state index contributed by atoms with van der Waals surface area (Å²) < 4.78 is 14.3. The fourth-order valence-electron chi connectivity index (χ4n) is 2.66. The van der Waals surface area contributed by atoms with Crippen LogP contribution in [0.4, 0.5) is 4.39 Å². The zero-order chi connectivity index (χ0) is 13.9. The largest absolute Gasteiger partial charge is 0.314 e. The summed E-state index contributed by atoms with van der Waals surface area (Å²) in [5, 5.41) is 5.86. The highest BCUT2D eigenvalue weighted by Crippen LogP contribution is 2.37. The predicted molar refractivity (Wildman–Crippen MR) is 89.3 cm³/mol. The molecule has 1 aliphatic rings. The summed E-state index contributed by atoms with van der Waals surface area (Å²) in [4.78, 5) is 3.44. The Bertz CT molecular complexity index is 551. The normalized spacial score (nSPS) is 17.2. The van der Waals surface area contributed by atoms with Gasteiger partial charge in [0.1, 0.15) is 5.82 Å². The molecule has 1 saturated heterocycles. The van der Waals surface area contributed by atoms with E-state index >= 15 is 0 Å². The third kappa shape index (κ3) is 3.58. The highest BCUT2D eigenvalue weighted by molar-refractivity contribution is 7.10. The minimum atomic E-state index is -0.227. The molecule has 0 unspecified atom stereocenters. The Kier molecular flexibility index (Phi) is 6.02. The van der Waals surface area contributed by atoms with Crippen molar-refractivity contribution in [3.8, 4) is 0 Å². The number of thiophene rings is 1. The topological polar surface area (TPSA) is 15.3 Å². The first kappa shape index (κ1) is 16.7. The molecular formula is C15H17Cl2FN2S. The SMILES string of the molecule is Cl.Fc1cccc(Cl)c1[C@H](c1cccs1)N1CCNCC1. The summed E-state index contributed by atoms with van der Waals surface area (Å²) in [7, 11) is 0. The van der Waals surface area contributed by atoms with Crippen LogP contribution < -0.4 is 5.32 Å². The predicted octanol–water partition coefficient (Wildman–Crippen LogP) is 3.96. The summed E-state index contributed by atoms with van der Waals surface area (Å²) in [6.07, 6.45) is 0. The molecule has 0 amide bonds. The molecule has 0 aliphatic carbocycles. The number of rotatable bonds is 3. The van der Waals surface area contributed by atoms with Crippen LogP contribution in [0.5, 0.6) is 0 Å². The van der Waals surface area contributed by atoms with Crippen molar-refractivity contribution in [1.82, 2.24) is 10.2 Å². The van der Waals surface area contributed by atoms with Gasteiger partial charge >= 0.3 is 0 Å². The van der Waals surface area contributed by atoms with Gasteiger partial charge < -0.3 is 5.32 Å². The van der Waals surface area contributed by atoms with Crippen LogP contribution in [0.3, 0.4) is 0 Å². The third-order valence-corrected chi connectivity index (χ3v) is 4.86. The summed E-state index contributed by atoms with van der Waals surface area (Å²) in [6, 6.07) is 8.88. The van der Waals surface area contributed by atoms with E-state index in [1.54, 1.807) is 23.5 Å². The van der Waals surface area contributed by atoms with E-state index in [0.29, 0.717) is 10.6 Å². The Morgan fingerprint density at radius 2 is 1.95 bits per heavy atom. The molecule has 1 aromatic carbocycles. The second kappa shape index (κ2) is 7.56. The molecule has 1 aromatic heterocycles. The molecule has 1 fully saturated rings. The second-order valence-electron chi connectivity index (χ2n) is 4.84. The number of hydrogen-bond acceptors (Lipinski definition) is 3. The van der Waals surface area contributed by atoms with Crippen LogP contribution in [0, 0.1) is 5.82 Å². The van der Waals surface area contributed by atoms with E-state index in [1.807, 2.05) is 11.4 Å². The zero-order valence-electron chi connectivity index (χ0n) is 11.4. The standard InChI is InChI=1S/C15H16ClFN2S.ClH/c16-11-3-1-4-12(17)14(11)15(13-5-2-10-20-13)19-8-6-18-7-9-19;/h1-5,10,15,18H,6-9H2;1H/t15-;/m0./s1. The zero-order valence-corrected chi connectivity index (χ0v) is 13.8. The molecule has 6 heteroatoms. The molecule has 0 radical (unpaired) electrons. The fraction of sp³-hybridized carbons (Fsp3) is 0.333. The fourth-order valence-corrected chi connectivity index (χ4v) is 3.80. The maximum absolute atomic E-state index is 14.3. The first-order valence-electron chi connectivity index (χ1n) is 6.69. The van der Waals surface area contributed by atoms with Crippen molar-refractivity contribution in [2.24, 2.45) is 0 Å². The molecule has 0 saturated carbocycles. The molecule has 21 heavy (non-hydrogen) atoms.